The summed E-state index contributed by atoms with van der Waals surface area (Å²) in [7, 11) is -1.84. The third-order valence-corrected chi connectivity index (χ3v) is 8.33. The highest BCUT2D eigenvalue weighted by atomic mass is 35.5. The second-order valence-corrected chi connectivity index (χ2v) is 10.3. The summed E-state index contributed by atoms with van der Waals surface area (Å²) >= 11 is 13.0. The van der Waals surface area contributed by atoms with Gasteiger partial charge in [0.05, 0.1) is 10.0 Å². The molecule has 11 heteroatoms. The van der Waals surface area contributed by atoms with Crippen molar-refractivity contribution in [2.75, 3.05) is 26.2 Å². The number of halogens is 2. The average Bonchev–Trinajstić information content (AvgIpc) is 3.17. The van der Waals surface area contributed by atoms with Crippen LogP contribution in [0.25, 0.3) is 6.08 Å². The van der Waals surface area contributed by atoms with Crippen LogP contribution < -0.4 is 0 Å². The highest BCUT2D eigenvalue weighted by molar-refractivity contribution is 7.91. The molecule has 1 fully saturated rings. The van der Waals surface area contributed by atoms with Crippen molar-refractivity contribution >= 4 is 56.5 Å². The van der Waals surface area contributed by atoms with Crippen molar-refractivity contribution < 1.29 is 13.2 Å². The van der Waals surface area contributed by atoms with Crippen molar-refractivity contribution in [3.05, 3.63) is 39.0 Å². The van der Waals surface area contributed by atoms with Crippen molar-refractivity contribution in [2.45, 2.75) is 11.1 Å². The fourth-order valence-corrected chi connectivity index (χ4v) is 6.10. The number of piperazine rings is 1. The van der Waals surface area contributed by atoms with Gasteiger partial charge in [-0.1, -0.05) is 23.2 Å². The number of hydrogen-bond acceptors (Lipinski definition) is 5. The second kappa shape index (κ2) is 7.92. The van der Waals surface area contributed by atoms with Gasteiger partial charge in [-0.05, 0) is 25.1 Å². The van der Waals surface area contributed by atoms with Gasteiger partial charge in [0.25, 0.3) is 10.0 Å². The SMILES string of the molecule is Cc1nn(C)c(Cl)c1/C=C/C(=O)N1CCN(S(=O)(=O)c2ccc(Cl)s2)CC1. The number of sulfonamides is 1. The first-order valence-electron chi connectivity index (χ1n) is 8.11. The average molecular weight is 449 g/mol. The fourth-order valence-electron chi connectivity index (χ4n) is 2.81. The van der Waals surface area contributed by atoms with Crippen LogP contribution in [0.2, 0.25) is 9.49 Å². The quantitative estimate of drug-likeness (QED) is 0.673. The Kier molecular flexibility index (Phi) is 5.97. The minimum Gasteiger partial charge on any atom is -0.337 e. The van der Waals surface area contributed by atoms with Crippen LogP contribution in [0.15, 0.2) is 22.4 Å². The Morgan fingerprint density at radius 2 is 1.89 bits per heavy atom. The number of rotatable bonds is 4. The molecule has 0 bridgehead atoms. The van der Waals surface area contributed by atoms with Crippen LogP contribution in [0, 0.1) is 6.92 Å². The lowest BCUT2D eigenvalue weighted by molar-refractivity contribution is -0.127. The second-order valence-electron chi connectivity index (χ2n) is 6.03. The van der Waals surface area contributed by atoms with E-state index < -0.39 is 10.0 Å². The Hall–Kier alpha value is -1.39. The normalized spacial score (nSPS) is 16.4. The zero-order valence-electron chi connectivity index (χ0n) is 14.7. The smallest absolute Gasteiger partial charge is 0.252 e. The number of carbonyl (C=O) groups is 1. The van der Waals surface area contributed by atoms with Gasteiger partial charge in [-0.25, -0.2) is 8.42 Å². The van der Waals surface area contributed by atoms with Gasteiger partial charge in [0.1, 0.15) is 9.36 Å². The molecule has 0 unspecified atom stereocenters. The maximum absolute atomic E-state index is 12.6. The van der Waals surface area contributed by atoms with E-state index in [-0.39, 0.29) is 23.2 Å². The van der Waals surface area contributed by atoms with E-state index in [2.05, 4.69) is 5.10 Å². The number of hydrogen-bond donors (Lipinski definition) is 0. The first kappa shape index (κ1) is 20.3. The largest absolute Gasteiger partial charge is 0.337 e. The molecule has 0 spiro atoms. The topological polar surface area (TPSA) is 75.5 Å². The van der Waals surface area contributed by atoms with E-state index in [1.165, 1.54) is 16.4 Å². The van der Waals surface area contributed by atoms with E-state index >= 15 is 0 Å². The van der Waals surface area contributed by atoms with Gasteiger partial charge < -0.3 is 4.90 Å². The van der Waals surface area contributed by atoms with Gasteiger partial charge in [-0.15, -0.1) is 11.3 Å². The molecule has 1 aliphatic heterocycles. The molecule has 1 saturated heterocycles. The van der Waals surface area contributed by atoms with Gasteiger partial charge >= 0.3 is 0 Å². The minimum absolute atomic E-state index is 0.189. The number of carbonyl (C=O) groups excluding carboxylic acids is 1. The van der Waals surface area contributed by atoms with Crippen molar-refractivity contribution in [3.63, 3.8) is 0 Å². The molecule has 146 valence electrons. The molecular formula is C16H18Cl2N4O3S2. The minimum atomic E-state index is -3.57. The Labute approximate surface area is 171 Å². The van der Waals surface area contributed by atoms with Crippen LogP contribution in [0.1, 0.15) is 11.3 Å². The van der Waals surface area contributed by atoms with Gasteiger partial charge in [-0.3, -0.25) is 9.48 Å². The van der Waals surface area contributed by atoms with Crippen LogP contribution >= 0.6 is 34.5 Å². The molecule has 2 aromatic rings. The van der Waals surface area contributed by atoms with Crippen LogP contribution in [0.4, 0.5) is 0 Å². The highest BCUT2D eigenvalue weighted by Crippen LogP contribution is 2.28. The third kappa shape index (κ3) is 4.22. The number of aryl methyl sites for hydroxylation is 2. The molecule has 27 heavy (non-hydrogen) atoms. The molecule has 0 radical (unpaired) electrons. The molecule has 0 saturated carbocycles. The highest BCUT2D eigenvalue weighted by Gasteiger charge is 2.30. The third-order valence-electron chi connectivity index (χ3n) is 4.28. The molecule has 1 amide bonds. The molecule has 2 aromatic heterocycles. The Bertz CT molecular complexity index is 989. The fraction of sp³-hybridized carbons (Fsp3) is 0.375. The van der Waals surface area contributed by atoms with Gasteiger partial charge in [0, 0.05) is 44.9 Å². The molecule has 0 aliphatic carbocycles. The summed E-state index contributed by atoms with van der Waals surface area (Å²) in [5, 5.41) is 4.66. The lowest BCUT2D eigenvalue weighted by Gasteiger charge is -2.33. The predicted octanol–water partition coefficient (Wildman–Crippen LogP) is 2.64. The summed E-state index contributed by atoms with van der Waals surface area (Å²) in [5.41, 5.74) is 1.43. The number of aromatic nitrogens is 2. The van der Waals surface area contributed by atoms with Crippen LogP contribution in [0.5, 0.6) is 0 Å². The first-order valence-corrected chi connectivity index (χ1v) is 11.1. The van der Waals surface area contributed by atoms with E-state index in [0.29, 0.717) is 28.1 Å². The Morgan fingerprint density at radius 1 is 1.22 bits per heavy atom. The summed E-state index contributed by atoms with van der Waals surface area (Å²) in [6, 6.07) is 3.07. The van der Waals surface area contributed by atoms with E-state index in [0.717, 1.165) is 17.0 Å². The standard InChI is InChI=1S/C16H18Cl2N4O3S2/c1-11-12(16(18)20(2)19-11)3-5-14(23)21-7-9-22(10-8-21)27(24,25)15-6-4-13(17)26-15/h3-6H,7-10H2,1-2H3/b5-3+. The van der Waals surface area contributed by atoms with Crippen LogP contribution in [-0.4, -0.2) is 59.5 Å². The summed E-state index contributed by atoms with van der Waals surface area (Å²) < 4.78 is 28.8. The molecule has 3 rings (SSSR count). The molecule has 0 atom stereocenters. The first-order chi connectivity index (χ1) is 12.7. The van der Waals surface area contributed by atoms with E-state index in [9.17, 15) is 13.2 Å². The van der Waals surface area contributed by atoms with Crippen molar-refractivity contribution in [2.24, 2.45) is 7.05 Å². The van der Waals surface area contributed by atoms with Gasteiger partial charge in [-0.2, -0.15) is 9.40 Å². The zero-order chi connectivity index (χ0) is 19.8. The molecular weight excluding hydrogens is 431 g/mol. The van der Waals surface area contributed by atoms with Crippen molar-refractivity contribution in [1.82, 2.24) is 19.0 Å². The van der Waals surface area contributed by atoms with Crippen molar-refractivity contribution in [1.29, 1.82) is 0 Å². The van der Waals surface area contributed by atoms with E-state index in [1.54, 1.807) is 28.8 Å². The van der Waals surface area contributed by atoms with Gasteiger partial charge in [0.15, 0.2) is 0 Å². The van der Waals surface area contributed by atoms with Crippen molar-refractivity contribution in [3.8, 4) is 0 Å². The molecule has 7 nitrogen and oxygen atoms in total. The summed E-state index contributed by atoms with van der Waals surface area (Å²) in [6.45, 7) is 2.94. The van der Waals surface area contributed by atoms with E-state index in [4.69, 9.17) is 23.2 Å². The molecule has 1 aliphatic rings. The number of amides is 1. The molecule has 3 heterocycles. The predicted molar refractivity (Wildman–Crippen MR) is 107 cm³/mol. The Balaban J connectivity index is 1.63. The number of thiophene rings is 1. The molecule has 0 N–H and O–H groups in total. The van der Waals surface area contributed by atoms with Crippen LogP contribution in [0.3, 0.4) is 0 Å². The summed E-state index contributed by atoms with van der Waals surface area (Å²) in [6.07, 6.45) is 3.09. The lowest BCUT2D eigenvalue weighted by atomic mass is 10.2. The maximum Gasteiger partial charge on any atom is 0.252 e. The Morgan fingerprint density at radius 3 is 2.41 bits per heavy atom. The van der Waals surface area contributed by atoms with E-state index in [1.807, 2.05) is 6.92 Å². The molecule has 0 aromatic carbocycles. The number of nitrogens with zero attached hydrogens (tertiary/aromatic N) is 4. The monoisotopic (exact) mass is 448 g/mol. The lowest BCUT2D eigenvalue weighted by Crippen LogP contribution is -2.50. The summed E-state index contributed by atoms with van der Waals surface area (Å²) in [5.74, 6) is -0.189. The maximum atomic E-state index is 12.6. The summed E-state index contributed by atoms with van der Waals surface area (Å²) in [4.78, 5) is 14.0. The van der Waals surface area contributed by atoms with Gasteiger partial charge in [0.2, 0.25) is 5.91 Å². The van der Waals surface area contributed by atoms with Crippen LogP contribution in [-0.2, 0) is 21.9 Å². The zero-order valence-corrected chi connectivity index (χ0v) is 17.9.